The summed E-state index contributed by atoms with van der Waals surface area (Å²) in [6.45, 7) is 2.25. The van der Waals surface area contributed by atoms with Crippen LogP contribution in [0, 0.1) is 5.92 Å². The molecule has 2 aromatic carbocycles. The fourth-order valence-electron chi connectivity index (χ4n) is 2.87. The highest BCUT2D eigenvalue weighted by Gasteiger charge is 2.22. The number of nitrogens with two attached hydrogens (primary N) is 1. The first-order valence-corrected chi connectivity index (χ1v) is 7.93. The van der Waals surface area contributed by atoms with Gasteiger partial charge in [0.1, 0.15) is 12.4 Å². The third-order valence-corrected chi connectivity index (χ3v) is 4.29. The number of hydrogen-bond acceptors (Lipinski definition) is 3. The largest absolute Gasteiger partial charge is 0.489 e. The molecule has 116 valence electrons. The zero-order chi connectivity index (χ0) is 15.2. The minimum absolute atomic E-state index is 0.0899. The van der Waals surface area contributed by atoms with Crippen molar-refractivity contribution in [3.05, 3.63) is 65.7 Å². The molecule has 1 fully saturated rings. The van der Waals surface area contributed by atoms with Gasteiger partial charge < -0.3 is 15.2 Å². The highest BCUT2D eigenvalue weighted by atomic mass is 16.5. The fourth-order valence-corrected chi connectivity index (χ4v) is 2.87. The van der Waals surface area contributed by atoms with E-state index in [1.807, 2.05) is 30.3 Å². The molecule has 1 aliphatic rings. The third-order valence-electron chi connectivity index (χ3n) is 4.29. The van der Waals surface area contributed by atoms with Gasteiger partial charge in [0.15, 0.2) is 0 Å². The molecule has 1 aliphatic heterocycles. The van der Waals surface area contributed by atoms with Gasteiger partial charge in [-0.3, -0.25) is 0 Å². The van der Waals surface area contributed by atoms with Crippen molar-refractivity contribution in [1.82, 2.24) is 0 Å². The van der Waals surface area contributed by atoms with Crippen LogP contribution in [-0.4, -0.2) is 13.2 Å². The molecule has 0 saturated carbocycles. The van der Waals surface area contributed by atoms with Gasteiger partial charge in [-0.05, 0) is 42.0 Å². The molecular formula is C19H23NO2. The number of rotatable bonds is 5. The zero-order valence-electron chi connectivity index (χ0n) is 12.8. The highest BCUT2D eigenvalue weighted by molar-refractivity contribution is 5.30. The first-order valence-electron chi connectivity index (χ1n) is 7.93. The van der Waals surface area contributed by atoms with Crippen molar-refractivity contribution in [2.75, 3.05) is 13.2 Å². The molecular weight excluding hydrogens is 274 g/mol. The Morgan fingerprint density at radius 3 is 2.36 bits per heavy atom. The molecule has 0 unspecified atom stereocenters. The summed E-state index contributed by atoms with van der Waals surface area (Å²) < 4.78 is 11.2. The van der Waals surface area contributed by atoms with Crippen molar-refractivity contribution >= 4 is 0 Å². The summed E-state index contributed by atoms with van der Waals surface area (Å²) in [6.07, 6.45) is 2.10. The standard InChI is InChI=1S/C19H23NO2/c20-19(17-10-12-21-13-11-17)16-6-8-18(9-7-16)22-14-15-4-2-1-3-5-15/h1-9,17,19H,10-14,20H2/t19-/m1/s1. The van der Waals surface area contributed by atoms with Crippen LogP contribution in [0.15, 0.2) is 54.6 Å². The lowest BCUT2D eigenvalue weighted by Gasteiger charge is -2.27. The maximum Gasteiger partial charge on any atom is 0.119 e. The van der Waals surface area contributed by atoms with Gasteiger partial charge >= 0.3 is 0 Å². The van der Waals surface area contributed by atoms with Crippen molar-refractivity contribution in [2.24, 2.45) is 11.7 Å². The van der Waals surface area contributed by atoms with Crippen molar-refractivity contribution in [3.63, 3.8) is 0 Å². The van der Waals surface area contributed by atoms with Crippen LogP contribution < -0.4 is 10.5 Å². The van der Waals surface area contributed by atoms with Crippen molar-refractivity contribution in [3.8, 4) is 5.75 Å². The molecule has 3 rings (SSSR count). The molecule has 0 aromatic heterocycles. The minimum atomic E-state index is 0.0899. The van der Waals surface area contributed by atoms with E-state index in [9.17, 15) is 0 Å². The van der Waals surface area contributed by atoms with Crippen molar-refractivity contribution in [1.29, 1.82) is 0 Å². The van der Waals surface area contributed by atoms with Gasteiger partial charge in [0, 0.05) is 19.3 Å². The van der Waals surface area contributed by atoms with E-state index < -0.39 is 0 Å². The molecule has 0 spiro atoms. The summed E-state index contributed by atoms with van der Waals surface area (Å²) in [6, 6.07) is 18.5. The molecule has 1 saturated heterocycles. The van der Waals surface area contributed by atoms with Crippen LogP contribution in [0.4, 0.5) is 0 Å². The van der Waals surface area contributed by atoms with Crippen LogP contribution in [-0.2, 0) is 11.3 Å². The van der Waals surface area contributed by atoms with Crippen LogP contribution in [0.25, 0.3) is 0 Å². The molecule has 22 heavy (non-hydrogen) atoms. The Balaban J connectivity index is 1.57. The highest BCUT2D eigenvalue weighted by Crippen LogP contribution is 2.29. The second kappa shape index (κ2) is 7.43. The summed E-state index contributed by atoms with van der Waals surface area (Å²) in [4.78, 5) is 0. The number of hydrogen-bond donors (Lipinski definition) is 1. The minimum Gasteiger partial charge on any atom is -0.489 e. The zero-order valence-corrected chi connectivity index (χ0v) is 12.8. The normalized spacial score (nSPS) is 17.1. The summed E-state index contributed by atoms with van der Waals surface area (Å²) in [7, 11) is 0. The lowest BCUT2D eigenvalue weighted by molar-refractivity contribution is 0.0584. The molecule has 0 aliphatic carbocycles. The number of ether oxygens (including phenoxy) is 2. The van der Waals surface area contributed by atoms with Crippen LogP contribution in [0.3, 0.4) is 0 Å². The molecule has 3 nitrogen and oxygen atoms in total. The summed E-state index contributed by atoms with van der Waals surface area (Å²) in [5.74, 6) is 1.40. The maximum absolute atomic E-state index is 6.39. The summed E-state index contributed by atoms with van der Waals surface area (Å²) in [5.41, 5.74) is 8.74. The average Bonchev–Trinajstić information content (AvgIpc) is 2.61. The Bertz CT molecular complexity index is 562. The van der Waals surface area contributed by atoms with E-state index in [-0.39, 0.29) is 6.04 Å². The van der Waals surface area contributed by atoms with E-state index in [1.165, 1.54) is 11.1 Å². The smallest absolute Gasteiger partial charge is 0.119 e. The van der Waals surface area contributed by atoms with E-state index in [4.69, 9.17) is 15.2 Å². The monoisotopic (exact) mass is 297 g/mol. The second-order valence-electron chi connectivity index (χ2n) is 5.82. The molecule has 0 bridgehead atoms. The maximum atomic E-state index is 6.39. The predicted molar refractivity (Wildman–Crippen MR) is 87.7 cm³/mol. The molecule has 2 aromatic rings. The van der Waals surface area contributed by atoms with Gasteiger partial charge in [0.25, 0.3) is 0 Å². The first-order chi connectivity index (χ1) is 10.8. The Kier molecular flexibility index (Phi) is 5.09. The van der Waals surface area contributed by atoms with Gasteiger partial charge in [-0.15, -0.1) is 0 Å². The van der Waals surface area contributed by atoms with Gasteiger partial charge in [-0.2, -0.15) is 0 Å². The molecule has 1 atom stereocenters. The topological polar surface area (TPSA) is 44.5 Å². The third kappa shape index (κ3) is 3.87. The molecule has 1 heterocycles. The fraction of sp³-hybridized carbons (Fsp3) is 0.368. The SMILES string of the molecule is N[C@H](c1ccc(OCc2ccccc2)cc1)C1CCOCC1. The Morgan fingerprint density at radius 1 is 1.00 bits per heavy atom. The van der Waals surface area contributed by atoms with Gasteiger partial charge in [-0.25, -0.2) is 0 Å². The van der Waals surface area contributed by atoms with E-state index in [0.717, 1.165) is 31.8 Å². The Morgan fingerprint density at radius 2 is 1.68 bits per heavy atom. The molecule has 0 amide bonds. The van der Waals surface area contributed by atoms with Crippen LogP contribution in [0.1, 0.15) is 30.0 Å². The van der Waals surface area contributed by atoms with Crippen molar-refractivity contribution < 1.29 is 9.47 Å². The summed E-state index contributed by atoms with van der Waals surface area (Å²) in [5, 5.41) is 0. The van der Waals surface area contributed by atoms with Crippen LogP contribution >= 0.6 is 0 Å². The van der Waals surface area contributed by atoms with E-state index >= 15 is 0 Å². The van der Waals surface area contributed by atoms with Gasteiger partial charge in [0.2, 0.25) is 0 Å². The lowest BCUT2D eigenvalue weighted by atomic mass is 9.88. The molecule has 3 heteroatoms. The van der Waals surface area contributed by atoms with E-state index in [0.29, 0.717) is 12.5 Å². The quantitative estimate of drug-likeness (QED) is 0.915. The predicted octanol–water partition coefficient (Wildman–Crippen LogP) is 3.69. The van der Waals surface area contributed by atoms with Crippen LogP contribution in [0.5, 0.6) is 5.75 Å². The Labute approximate surface area is 132 Å². The molecule has 0 radical (unpaired) electrons. The van der Waals surface area contributed by atoms with E-state index in [2.05, 4.69) is 24.3 Å². The van der Waals surface area contributed by atoms with Gasteiger partial charge in [-0.1, -0.05) is 42.5 Å². The number of benzene rings is 2. The summed E-state index contributed by atoms with van der Waals surface area (Å²) >= 11 is 0. The average molecular weight is 297 g/mol. The van der Waals surface area contributed by atoms with Crippen molar-refractivity contribution in [2.45, 2.75) is 25.5 Å². The first kappa shape index (κ1) is 15.1. The lowest BCUT2D eigenvalue weighted by Crippen LogP contribution is -2.27. The molecule has 2 N–H and O–H groups in total. The van der Waals surface area contributed by atoms with E-state index in [1.54, 1.807) is 0 Å². The van der Waals surface area contributed by atoms with Crippen LogP contribution in [0.2, 0.25) is 0 Å². The second-order valence-corrected chi connectivity index (χ2v) is 5.82. The Hall–Kier alpha value is -1.84. The van der Waals surface area contributed by atoms with Gasteiger partial charge in [0.05, 0.1) is 0 Å².